The van der Waals surface area contributed by atoms with Crippen molar-refractivity contribution in [2.45, 2.75) is 6.92 Å². The number of carboxylic acid groups (broad SMARTS) is 1. The molecule has 0 fully saturated rings. The van der Waals surface area contributed by atoms with Crippen LogP contribution in [0.5, 0.6) is 0 Å². The molecule has 1 N–H and O–H groups in total. The summed E-state index contributed by atoms with van der Waals surface area (Å²) in [5, 5.41) is 8.88. The van der Waals surface area contributed by atoms with Crippen molar-refractivity contribution in [1.82, 2.24) is 0 Å². The molecule has 3 nitrogen and oxygen atoms in total. The third kappa shape index (κ3) is 2.96. The Bertz CT molecular complexity index is 608. The Labute approximate surface area is 120 Å². The highest BCUT2D eigenvalue weighted by Gasteiger charge is 2.07. The van der Waals surface area contributed by atoms with Gasteiger partial charge in [0.1, 0.15) is 0 Å². The van der Waals surface area contributed by atoms with Gasteiger partial charge in [-0.3, -0.25) is 0 Å². The van der Waals surface area contributed by atoms with Crippen molar-refractivity contribution in [3.05, 3.63) is 58.1 Å². The van der Waals surface area contributed by atoms with E-state index >= 15 is 0 Å². The summed E-state index contributed by atoms with van der Waals surface area (Å²) in [6.07, 6.45) is 0. The van der Waals surface area contributed by atoms with Gasteiger partial charge in [-0.15, -0.1) is 0 Å². The lowest BCUT2D eigenvalue weighted by atomic mass is 10.1. The summed E-state index contributed by atoms with van der Waals surface area (Å²) in [5.41, 5.74) is 3.46. The summed E-state index contributed by atoms with van der Waals surface area (Å²) < 4.78 is 1.05. The van der Waals surface area contributed by atoms with Crippen molar-refractivity contribution in [2.75, 3.05) is 11.9 Å². The van der Waals surface area contributed by atoms with Gasteiger partial charge in [-0.1, -0.05) is 22.0 Å². The third-order valence-corrected chi connectivity index (χ3v) is 3.90. The second-order valence-corrected chi connectivity index (χ2v) is 5.20. The van der Waals surface area contributed by atoms with E-state index in [4.69, 9.17) is 5.11 Å². The monoisotopic (exact) mass is 319 g/mol. The predicted molar refractivity (Wildman–Crippen MR) is 80.3 cm³/mol. The van der Waals surface area contributed by atoms with Crippen LogP contribution in [0, 0.1) is 6.92 Å². The van der Waals surface area contributed by atoms with E-state index in [1.165, 1.54) is 5.56 Å². The number of carbonyl (C=O) groups is 1. The topological polar surface area (TPSA) is 40.5 Å². The number of benzene rings is 2. The van der Waals surface area contributed by atoms with Gasteiger partial charge in [0.25, 0.3) is 0 Å². The number of aromatic carboxylic acids is 1. The molecule has 0 amide bonds. The molecule has 0 bridgehead atoms. The summed E-state index contributed by atoms with van der Waals surface area (Å²) >= 11 is 3.51. The van der Waals surface area contributed by atoms with Crippen LogP contribution in [0.25, 0.3) is 0 Å². The lowest BCUT2D eigenvalue weighted by Gasteiger charge is -2.20. The number of rotatable bonds is 3. The Hall–Kier alpha value is -1.81. The molecule has 19 heavy (non-hydrogen) atoms. The van der Waals surface area contributed by atoms with E-state index < -0.39 is 5.97 Å². The van der Waals surface area contributed by atoms with Crippen molar-refractivity contribution in [3.8, 4) is 0 Å². The maximum absolute atomic E-state index is 10.8. The maximum Gasteiger partial charge on any atom is 0.335 e. The summed E-state index contributed by atoms with van der Waals surface area (Å²) in [5.74, 6) is -0.910. The molecular formula is C15H14BrNO2. The molecule has 0 heterocycles. The molecular weight excluding hydrogens is 306 g/mol. The van der Waals surface area contributed by atoms with Crippen LogP contribution in [0.2, 0.25) is 0 Å². The highest BCUT2D eigenvalue weighted by Crippen LogP contribution is 2.28. The first-order valence-electron chi connectivity index (χ1n) is 5.82. The molecule has 0 aliphatic carbocycles. The van der Waals surface area contributed by atoms with Gasteiger partial charge in [-0.05, 0) is 48.9 Å². The predicted octanol–water partition coefficient (Wildman–Crippen LogP) is 4.22. The van der Waals surface area contributed by atoms with Gasteiger partial charge < -0.3 is 10.0 Å². The Morgan fingerprint density at radius 1 is 1.11 bits per heavy atom. The fraction of sp³-hybridized carbons (Fsp3) is 0.133. The van der Waals surface area contributed by atoms with Crippen LogP contribution in [0.15, 0.2) is 46.9 Å². The molecule has 2 aromatic carbocycles. The molecule has 98 valence electrons. The molecule has 0 aliphatic rings. The van der Waals surface area contributed by atoms with E-state index in [0.717, 1.165) is 15.8 Å². The number of anilines is 2. The maximum atomic E-state index is 10.8. The van der Waals surface area contributed by atoms with E-state index in [1.807, 2.05) is 37.1 Å². The Balaban J connectivity index is 2.30. The Kier molecular flexibility index (Phi) is 3.90. The Morgan fingerprint density at radius 3 is 2.21 bits per heavy atom. The van der Waals surface area contributed by atoms with Crippen LogP contribution in [0.4, 0.5) is 11.4 Å². The van der Waals surface area contributed by atoms with Crippen molar-refractivity contribution in [3.63, 3.8) is 0 Å². The van der Waals surface area contributed by atoms with E-state index in [0.29, 0.717) is 5.56 Å². The highest BCUT2D eigenvalue weighted by molar-refractivity contribution is 9.10. The first-order valence-corrected chi connectivity index (χ1v) is 6.61. The smallest absolute Gasteiger partial charge is 0.335 e. The number of nitrogens with zero attached hydrogens (tertiary/aromatic N) is 1. The first-order chi connectivity index (χ1) is 8.99. The number of hydrogen-bond acceptors (Lipinski definition) is 2. The summed E-state index contributed by atoms with van der Waals surface area (Å²) in [6.45, 7) is 2.04. The van der Waals surface area contributed by atoms with E-state index in [-0.39, 0.29) is 0 Å². The second kappa shape index (κ2) is 5.45. The zero-order valence-electron chi connectivity index (χ0n) is 10.7. The molecule has 0 saturated carbocycles. The fourth-order valence-corrected chi connectivity index (χ4v) is 2.13. The van der Waals surface area contributed by atoms with Crippen LogP contribution in [-0.4, -0.2) is 18.1 Å². The number of carboxylic acids is 1. The Morgan fingerprint density at radius 2 is 1.68 bits per heavy atom. The van der Waals surface area contributed by atoms with E-state index in [9.17, 15) is 4.79 Å². The minimum atomic E-state index is -0.910. The average molecular weight is 320 g/mol. The molecule has 0 unspecified atom stereocenters. The summed E-state index contributed by atoms with van der Waals surface area (Å²) in [4.78, 5) is 12.8. The quantitative estimate of drug-likeness (QED) is 0.920. The zero-order chi connectivity index (χ0) is 14.0. The molecule has 0 atom stereocenters. The average Bonchev–Trinajstić information content (AvgIpc) is 2.41. The van der Waals surface area contributed by atoms with Crippen molar-refractivity contribution in [1.29, 1.82) is 0 Å². The van der Waals surface area contributed by atoms with Crippen LogP contribution >= 0.6 is 15.9 Å². The summed E-state index contributed by atoms with van der Waals surface area (Å²) in [6, 6.07) is 12.9. The van der Waals surface area contributed by atoms with Crippen LogP contribution in [-0.2, 0) is 0 Å². The molecule has 4 heteroatoms. The minimum absolute atomic E-state index is 0.294. The van der Waals surface area contributed by atoms with Gasteiger partial charge >= 0.3 is 5.97 Å². The van der Waals surface area contributed by atoms with Gasteiger partial charge in [-0.2, -0.15) is 0 Å². The second-order valence-electron chi connectivity index (χ2n) is 4.34. The molecule has 0 aliphatic heterocycles. The zero-order valence-corrected chi connectivity index (χ0v) is 12.3. The van der Waals surface area contributed by atoms with Crippen molar-refractivity contribution >= 4 is 33.3 Å². The largest absolute Gasteiger partial charge is 0.478 e. The minimum Gasteiger partial charge on any atom is -0.478 e. The van der Waals surface area contributed by atoms with Gasteiger partial charge in [0.2, 0.25) is 0 Å². The number of hydrogen-bond donors (Lipinski definition) is 1. The molecule has 0 spiro atoms. The highest BCUT2D eigenvalue weighted by atomic mass is 79.9. The molecule has 0 aromatic heterocycles. The molecule has 0 saturated heterocycles. The molecule has 2 rings (SSSR count). The van der Waals surface area contributed by atoms with Gasteiger partial charge in [-0.25, -0.2) is 4.79 Å². The third-order valence-electron chi connectivity index (χ3n) is 3.04. The van der Waals surface area contributed by atoms with Crippen molar-refractivity contribution < 1.29 is 9.90 Å². The normalized spacial score (nSPS) is 10.3. The van der Waals surface area contributed by atoms with E-state index in [1.54, 1.807) is 24.3 Å². The van der Waals surface area contributed by atoms with Crippen LogP contribution in [0.3, 0.4) is 0 Å². The van der Waals surface area contributed by atoms with Gasteiger partial charge in [0.05, 0.1) is 5.56 Å². The van der Waals surface area contributed by atoms with Gasteiger partial charge in [0.15, 0.2) is 0 Å². The van der Waals surface area contributed by atoms with Crippen LogP contribution < -0.4 is 4.90 Å². The van der Waals surface area contributed by atoms with Crippen LogP contribution in [0.1, 0.15) is 15.9 Å². The van der Waals surface area contributed by atoms with E-state index in [2.05, 4.69) is 15.9 Å². The fourth-order valence-electron chi connectivity index (χ4n) is 1.77. The lowest BCUT2D eigenvalue weighted by molar-refractivity contribution is 0.0697. The molecule has 0 radical (unpaired) electrons. The first kappa shape index (κ1) is 13.6. The summed E-state index contributed by atoms with van der Waals surface area (Å²) in [7, 11) is 1.95. The van der Waals surface area contributed by atoms with Crippen molar-refractivity contribution in [2.24, 2.45) is 0 Å². The lowest BCUT2D eigenvalue weighted by Crippen LogP contribution is -2.09. The number of aryl methyl sites for hydroxylation is 1. The van der Waals surface area contributed by atoms with Gasteiger partial charge in [0, 0.05) is 22.9 Å². The standard InChI is InChI=1S/C15H14BrNO2/c1-10-3-6-13(9-14(10)16)17(2)12-7-4-11(5-8-12)15(18)19/h3-9H,1-2H3,(H,18,19). The molecule has 2 aromatic rings. The SMILES string of the molecule is Cc1ccc(N(C)c2ccc(C(=O)O)cc2)cc1Br. The number of halogens is 1.